The van der Waals surface area contributed by atoms with Crippen LogP contribution in [0.3, 0.4) is 0 Å². The standard InChI is InChI=1S/C16H30N2O3/c1-4-14(8-9-15(19)20)10-11-17-16(21)18-12(2)6-5-7-13(18)3/h12-14H,4-11H2,1-3H3,(H,17,21)(H,19,20). The van der Waals surface area contributed by atoms with Crippen LogP contribution >= 0.6 is 0 Å². The van der Waals surface area contributed by atoms with Crippen molar-refractivity contribution in [3.05, 3.63) is 0 Å². The predicted octanol–water partition coefficient (Wildman–Crippen LogP) is 3.24. The first kappa shape index (κ1) is 17.8. The Morgan fingerprint density at radius 3 is 2.38 bits per heavy atom. The number of nitrogens with one attached hydrogen (secondary N) is 1. The van der Waals surface area contributed by atoms with Crippen LogP contribution in [0.15, 0.2) is 0 Å². The molecule has 0 radical (unpaired) electrons. The van der Waals surface area contributed by atoms with Crippen LogP contribution in [0.2, 0.25) is 0 Å². The maximum Gasteiger partial charge on any atom is 0.317 e. The molecule has 1 aliphatic rings. The SMILES string of the molecule is CCC(CCNC(=O)N1C(C)CCCC1C)CCC(=O)O. The van der Waals surface area contributed by atoms with Gasteiger partial charge in [0.15, 0.2) is 0 Å². The van der Waals surface area contributed by atoms with Crippen molar-refractivity contribution in [1.29, 1.82) is 0 Å². The Kier molecular flexibility index (Phi) is 7.54. The first-order valence-corrected chi connectivity index (χ1v) is 8.23. The van der Waals surface area contributed by atoms with E-state index in [0.29, 0.717) is 31.0 Å². The molecule has 3 atom stereocenters. The Labute approximate surface area is 128 Å². The summed E-state index contributed by atoms with van der Waals surface area (Å²) in [5, 5.41) is 11.7. The number of carbonyl (C=O) groups excluding carboxylic acids is 1. The number of carboxylic acid groups (broad SMARTS) is 1. The number of amides is 2. The van der Waals surface area contributed by atoms with Gasteiger partial charge in [0.2, 0.25) is 0 Å². The highest BCUT2D eigenvalue weighted by Gasteiger charge is 2.28. The van der Waals surface area contributed by atoms with Gasteiger partial charge < -0.3 is 15.3 Å². The summed E-state index contributed by atoms with van der Waals surface area (Å²) in [4.78, 5) is 24.8. The molecule has 21 heavy (non-hydrogen) atoms. The third-order valence-electron chi connectivity index (χ3n) is 4.60. The van der Waals surface area contributed by atoms with Gasteiger partial charge in [0, 0.05) is 25.0 Å². The number of nitrogens with zero attached hydrogens (tertiary/aromatic N) is 1. The molecule has 1 heterocycles. The van der Waals surface area contributed by atoms with E-state index in [1.165, 1.54) is 6.42 Å². The van der Waals surface area contributed by atoms with E-state index in [-0.39, 0.29) is 12.5 Å². The molecular formula is C16H30N2O3. The minimum Gasteiger partial charge on any atom is -0.481 e. The third-order valence-corrected chi connectivity index (χ3v) is 4.60. The van der Waals surface area contributed by atoms with Gasteiger partial charge in [-0.3, -0.25) is 4.79 Å². The summed E-state index contributed by atoms with van der Waals surface area (Å²) in [7, 11) is 0. The topological polar surface area (TPSA) is 69.6 Å². The summed E-state index contributed by atoms with van der Waals surface area (Å²) in [6.45, 7) is 6.92. The number of carboxylic acids is 1. The average molecular weight is 298 g/mol. The molecule has 5 nitrogen and oxygen atoms in total. The van der Waals surface area contributed by atoms with Crippen molar-refractivity contribution in [2.24, 2.45) is 5.92 Å². The van der Waals surface area contributed by atoms with Gasteiger partial charge in [0.25, 0.3) is 0 Å². The van der Waals surface area contributed by atoms with Crippen LogP contribution in [0.5, 0.6) is 0 Å². The van der Waals surface area contributed by atoms with E-state index >= 15 is 0 Å². The van der Waals surface area contributed by atoms with Crippen molar-refractivity contribution in [3.63, 3.8) is 0 Å². The van der Waals surface area contributed by atoms with Crippen LogP contribution in [-0.4, -0.2) is 40.6 Å². The molecule has 2 amide bonds. The summed E-state index contributed by atoms with van der Waals surface area (Å²) in [5.41, 5.74) is 0. The van der Waals surface area contributed by atoms with Gasteiger partial charge in [-0.05, 0) is 51.9 Å². The fourth-order valence-corrected chi connectivity index (χ4v) is 3.18. The number of piperidine rings is 1. The van der Waals surface area contributed by atoms with Crippen LogP contribution in [0.4, 0.5) is 4.79 Å². The highest BCUT2D eigenvalue weighted by atomic mass is 16.4. The third kappa shape index (κ3) is 5.94. The van der Waals surface area contributed by atoms with Gasteiger partial charge in [-0.25, -0.2) is 4.79 Å². The van der Waals surface area contributed by atoms with E-state index in [0.717, 1.165) is 25.7 Å². The Morgan fingerprint density at radius 1 is 1.24 bits per heavy atom. The molecule has 0 aliphatic carbocycles. The molecule has 0 aromatic heterocycles. The molecule has 0 aromatic rings. The average Bonchev–Trinajstić information content (AvgIpc) is 2.42. The minimum absolute atomic E-state index is 0.0304. The maximum atomic E-state index is 12.3. The highest BCUT2D eigenvalue weighted by molar-refractivity contribution is 5.75. The number of urea groups is 1. The van der Waals surface area contributed by atoms with E-state index in [2.05, 4.69) is 26.1 Å². The lowest BCUT2D eigenvalue weighted by Crippen LogP contribution is -2.52. The van der Waals surface area contributed by atoms with Crippen LogP contribution in [0, 0.1) is 5.92 Å². The number of aliphatic carboxylic acids is 1. The zero-order valence-corrected chi connectivity index (χ0v) is 13.6. The highest BCUT2D eigenvalue weighted by Crippen LogP contribution is 2.22. The zero-order valence-electron chi connectivity index (χ0n) is 13.6. The van der Waals surface area contributed by atoms with E-state index < -0.39 is 5.97 Å². The zero-order chi connectivity index (χ0) is 15.8. The number of rotatable bonds is 7. The van der Waals surface area contributed by atoms with E-state index in [9.17, 15) is 9.59 Å². The molecule has 5 heteroatoms. The molecule has 0 aromatic carbocycles. The molecule has 0 bridgehead atoms. The Balaban J connectivity index is 2.32. The summed E-state index contributed by atoms with van der Waals surface area (Å²) in [6, 6.07) is 0.647. The summed E-state index contributed by atoms with van der Waals surface area (Å²) in [6.07, 6.45) is 6.07. The number of carbonyl (C=O) groups is 2. The second kappa shape index (κ2) is 8.90. The van der Waals surface area contributed by atoms with Crippen LogP contribution in [-0.2, 0) is 4.79 Å². The molecular weight excluding hydrogens is 268 g/mol. The van der Waals surface area contributed by atoms with Crippen molar-refractivity contribution in [1.82, 2.24) is 10.2 Å². The van der Waals surface area contributed by atoms with Gasteiger partial charge in [-0.1, -0.05) is 13.3 Å². The van der Waals surface area contributed by atoms with Crippen molar-refractivity contribution in [2.75, 3.05) is 6.54 Å². The van der Waals surface area contributed by atoms with Crippen molar-refractivity contribution in [2.45, 2.75) is 77.8 Å². The summed E-state index contributed by atoms with van der Waals surface area (Å²) >= 11 is 0. The maximum absolute atomic E-state index is 12.3. The van der Waals surface area contributed by atoms with Gasteiger partial charge in [0.1, 0.15) is 0 Å². The van der Waals surface area contributed by atoms with Crippen LogP contribution in [0.1, 0.15) is 65.7 Å². The van der Waals surface area contributed by atoms with Crippen LogP contribution < -0.4 is 5.32 Å². The Hall–Kier alpha value is -1.26. The molecule has 2 N–H and O–H groups in total. The van der Waals surface area contributed by atoms with Gasteiger partial charge >= 0.3 is 12.0 Å². The van der Waals surface area contributed by atoms with Crippen molar-refractivity contribution >= 4 is 12.0 Å². The van der Waals surface area contributed by atoms with E-state index in [1.807, 2.05) is 4.90 Å². The predicted molar refractivity (Wildman–Crippen MR) is 83.3 cm³/mol. The number of hydrogen-bond acceptors (Lipinski definition) is 2. The minimum atomic E-state index is -0.742. The van der Waals surface area contributed by atoms with E-state index in [1.54, 1.807) is 0 Å². The lowest BCUT2D eigenvalue weighted by molar-refractivity contribution is -0.137. The van der Waals surface area contributed by atoms with Crippen molar-refractivity contribution < 1.29 is 14.7 Å². The molecule has 0 saturated carbocycles. The largest absolute Gasteiger partial charge is 0.481 e. The lowest BCUT2D eigenvalue weighted by Gasteiger charge is -2.39. The Bertz CT molecular complexity index is 336. The van der Waals surface area contributed by atoms with Gasteiger partial charge in [0.05, 0.1) is 0 Å². The van der Waals surface area contributed by atoms with Crippen molar-refractivity contribution in [3.8, 4) is 0 Å². The molecule has 0 spiro atoms. The van der Waals surface area contributed by atoms with Gasteiger partial charge in [-0.2, -0.15) is 0 Å². The van der Waals surface area contributed by atoms with Gasteiger partial charge in [-0.15, -0.1) is 0 Å². The second-order valence-corrected chi connectivity index (χ2v) is 6.26. The molecule has 1 rings (SSSR count). The monoisotopic (exact) mass is 298 g/mol. The number of likely N-dealkylation sites (tertiary alicyclic amines) is 1. The summed E-state index contributed by atoms with van der Waals surface area (Å²) < 4.78 is 0. The lowest BCUT2D eigenvalue weighted by atomic mass is 9.96. The molecule has 1 saturated heterocycles. The quantitative estimate of drug-likeness (QED) is 0.758. The number of hydrogen-bond donors (Lipinski definition) is 2. The Morgan fingerprint density at radius 2 is 1.86 bits per heavy atom. The normalized spacial score (nSPS) is 23.7. The second-order valence-electron chi connectivity index (χ2n) is 6.26. The summed E-state index contributed by atoms with van der Waals surface area (Å²) in [5.74, 6) is -0.369. The molecule has 1 fully saturated rings. The first-order valence-electron chi connectivity index (χ1n) is 8.23. The fraction of sp³-hybridized carbons (Fsp3) is 0.875. The first-order chi connectivity index (χ1) is 9.95. The molecule has 122 valence electrons. The van der Waals surface area contributed by atoms with E-state index in [4.69, 9.17) is 5.11 Å². The smallest absolute Gasteiger partial charge is 0.317 e. The molecule has 1 aliphatic heterocycles. The van der Waals surface area contributed by atoms with Crippen LogP contribution in [0.25, 0.3) is 0 Å². The fourth-order valence-electron chi connectivity index (χ4n) is 3.18. The molecule has 3 unspecified atom stereocenters.